The fourth-order valence-electron chi connectivity index (χ4n) is 1.64. The molecule has 0 unspecified atom stereocenters. The molecule has 0 bridgehead atoms. The summed E-state index contributed by atoms with van der Waals surface area (Å²) in [4.78, 5) is 11.6. The lowest BCUT2D eigenvalue weighted by atomic mass is 10.2. The van der Waals surface area contributed by atoms with Crippen molar-refractivity contribution in [2.75, 3.05) is 26.4 Å². The topological polar surface area (TPSA) is 73.6 Å². The van der Waals surface area contributed by atoms with Crippen LogP contribution in [0.2, 0.25) is 0 Å². The van der Waals surface area contributed by atoms with Crippen molar-refractivity contribution in [2.45, 2.75) is 26.8 Å². The summed E-state index contributed by atoms with van der Waals surface area (Å²) >= 11 is 0. The van der Waals surface area contributed by atoms with Gasteiger partial charge in [-0.15, -0.1) is 0 Å². The quantitative estimate of drug-likeness (QED) is 0.644. The summed E-state index contributed by atoms with van der Waals surface area (Å²) < 4.78 is 10.8. The van der Waals surface area contributed by atoms with Crippen molar-refractivity contribution in [3.63, 3.8) is 0 Å². The summed E-state index contributed by atoms with van der Waals surface area (Å²) in [7, 11) is 0. The molecule has 0 spiro atoms. The van der Waals surface area contributed by atoms with Gasteiger partial charge in [0.1, 0.15) is 5.75 Å². The molecule has 21 heavy (non-hydrogen) atoms. The minimum atomic E-state index is -0.123. The van der Waals surface area contributed by atoms with Crippen molar-refractivity contribution < 1.29 is 14.3 Å². The zero-order valence-electron chi connectivity index (χ0n) is 12.9. The van der Waals surface area contributed by atoms with Crippen molar-refractivity contribution in [2.24, 2.45) is 11.7 Å². The number of carbonyl (C=O) groups is 1. The zero-order chi connectivity index (χ0) is 15.5. The molecule has 0 fully saturated rings. The molecule has 0 aliphatic rings. The first-order valence-corrected chi connectivity index (χ1v) is 7.38. The number of rotatable bonds is 10. The Labute approximate surface area is 126 Å². The van der Waals surface area contributed by atoms with E-state index in [0.29, 0.717) is 31.4 Å². The molecular weight excluding hydrogens is 268 g/mol. The first kappa shape index (κ1) is 17.5. The molecule has 5 heteroatoms. The SMILES string of the molecule is CC(C)COCCCNC(=O)COc1ccc(CN)cc1. The Hall–Kier alpha value is -1.59. The molecule has 1 aromatic rings. The standard InChI is InChI=1S/C16H26N2O3/c1-13(2)11-20-9-3-8-18-16(19)12-21-15-6-4-14(10-17)5-7-15/h4-7,13H,3,8-12,17H2,1-2H3,(H,18,19). The molecule has 0 aliphatic heterocycles. The number of carbonyl (C=O) groups excluding carboxylic acids is 1. The molecule has 118 valence electrons. The molecule has 5 nitrogen and oxygen atoms in total. The first-order valence-electron chi connectivity index (χ1n) is 7.38. The van der Waals surface area contributed by atoms with Crippen LogP contribution in [-0.2, 0) is 16.1 Å². The van der Waals surface area contributed by atoms with Gasteiger partial charge >= 0.3 is 0 Å². The Bertz CT molecular complexity index is 404. The predicted molar refractivity (Wildman–Crippen MR) is 83.1 cm³/mol. The third-order valence-electron chi connectivity index (χ3n) is 2.77. The number of hydrogen-bond acceptors (Lipinski definition) is 4. The summed E-state index contributed by atoms with van der Waals surface area (Å²) in [5.74, 6) is 1.09. The van der Waals surface area contributed by atoms with Crippen molar-refractivity contribution in [3.05, 3.63) is 29.8 Å². The van der Waals surface area contributed by atoms with Crippen molar-refractivity contribution in [1.82, 2.24) is 5.32 Å². The highest BCUT2D eigenvalue weighted by molar-refractivity contribution is 5.77. The number of nitrogens with one attached hydrogen (secondary N) is 1. The largest absolute Gasteiger partial charge is 0.484 e. The molecule has 0 atom stereocenters. The van der Waals surface area contributed by atoms with Gasteiger partial charge in [-0.2, -0.15) is 0 Å². The van der Waals surface area contributed by atoms with Crippen molar-refractivity contribution in [3.8, 4) is 5.75 Å². The molecule has 0 radical (unpaired) electrons. The normalized spacial score (nSPS) is 10.7. The molecule has 1 amide bonds. The molecule has 0 heterocycles. The van der Waals surface area contributed by atoms with Crippen LogP contribution in [0.25, 0.3) is 0 Å². The lowest BCUT2D eigenvalue weighted by Crippen LogP contribution is -2.30. The maximum Gasteiger partial charge on any atom is 0.257 e. The number of benzene rings is 1. The van der Waals surface area contributed by atoms with E-state index in [1.165, 1.54) is 0 Å². The van der Waals surface area contributed by atoms with E-state index in [-0.39, 0.29) is 12.5 Å². The van der Waals surface area contributed by atoms with Gasteiger partial charge in [0.25, 0.3) is 5.91 Å². The first-order chi connectivity index (χ1) is 10.1. The van der Waals surface area contributed by atoms with E-state index in [0.717, 1.165) is 18.6 Å². The summed E-state index contributed by atoms with van der Waals surface area (Å²) in [5, 5.41) is 2.80. The zero-order valence-corrected chi connectivity index (χ0v) is 12.9. The Morgan fingerprint density at radius 3 is 2.62 bits per heavy atom. The highest BCUT2D eigenvalue weighted by Crippen LogP contribution is 2.11. The van der Waals surface area contributed by atoms with Crippen LogP contribution in [0, 0.1) is 5.92 Å². The van der Waals surface area contributed by atoms with Gasteiger partial charge in [0.2, 0.25) is 0 Å². The number of amides is 1. The molecule has 0 saturated carbocycles. The van der Waals surface area contributed by atoms with Gasteiger partial charge in [0.05, 0.1) is 0 Å². The fraction of sp³-hybridized carbons (Fsp3) is 0.562. The Kier molecular flexibility index (Phi) is 8.47. The second-order valence-corrected chi connectivity index (χ2v) is 5.31. The van der Waals surface area contributed by atoms with Gasteiger partial charge < -0.3 is 20.5 Å². The summed E-state index contributed by atoms with van der Waals surface area (Å²) in [6, 6.07) is 7.41. The lowest BCUT2D eigenvalue weighted by Gasteiger charge is -2.09. The maximum atomic E-state index is 11.6. The smallest absolute Gasteiger partial charge is 0.257 e. The number of nitrogens with two attached hydrogens (primary N) is 1. The van der Waals surface area contributed by atoms with E-state index in [9.17, 15) is 4.79 Å². The molecular formula is C16H26N2O3. The van der Waals surface area contributed by atoms with Crippen LogP contribution in [0.5, 0.6) is 5.75 Å². The molecule has 3 N–H and O–H groups in total. The molecule has 0 saturated heterocycles. The van der Waals surface area contributed by atoms with Crippen LogP contribution >= 0.6 is 0 Å². The second-order valence-electron chi connectivity index (χ2n) is 5.31. The third kappa shape index (κ3) is 8.32. The highest BCUT2D eigenvalue weighted by Gasteiger charge is 2.02. The van der Waals surface area contributed by atoms with E-state index in [1.807, 2.05) is 24.3 Å². The maximum absolute atomic E-state index is 11.6. The van der Waals surface area contributed by atoms with E-state index in [1.54, 1.807) is 0 Å². The number of ether oxygens (including phenoxy) is 2. The lowest BCUT2D eigenvalue weighted by molar-refractivity contribution is -0.123. The minimum absolute atomic E-state index is 0.0226. The van der Waals surface area contributed by atoms with Gasteiger partial charge in [-0.25, -0.2) is 0 Å². The van der Waals surface area contributed by atoms with Crippen LogP contribution in [0.4, 0.5) is 0 Å². The van der Waals surface area contributed by atoms with E-state index >= 15 is 0 Å². The fourth-order valence-corrected chi connectivity index (χ4v) is 1.64. The van der Waals surface area contributed by atoms with Crippen LogP contribution < -0.4 is 15.8 Å². The van der Waals surface area contributed by atoms with Gasteiger partial charge in [-0.3, -0.25) is 4.79 Å². The average Bonchev–Trinajstić information content (AvgIpc) is 2.49. The van der Waals surface area contributed by atoms with Gasteiger partial charge in [0.15, 0.2) is 6.61 Å². The van der Waals surface area contributed by atoms with Gasteiger partial charge in [0, 0.05) is 26.3 Å². The summed E-state index contributed by atoms with van der Waals surface area (Å²) in [6.07, 6.45) is 0.809. The van der Waals surface area contributed by atoms with Crippen LogP contribution in [-0.4, -0.2) is 32.3 Å². The molecule has 0 aliphatic carbocycles. The summed E-state index contributed by atoms with van der Waals surface area (Å²) in [6.45, 7) is 6.77. The monoisotopic (exact) mass is 294 g/mol. The molecule has 0 aromatic heterocycles. The second kappa shape index (κ2) is 10.2. The van der Waals surface area contributed by atoms with Crippen LogP contribution in [0.3, 0.4) is 0 Å². The number of hydrogen-bond donors (Lipinski definition) is 2. The Balaban J connectivity index is 2.08. The molecule has 1 aromatic carbocycles. The predicted octanol–water partition coefficient (Wildman–Crippen LogP) is 1.70. The Morgan fingerprint density at radius 2 is 2.00 bits per heavy atom. The van der Waals surface area contributed by atoms with E-state index in [4.69, 9.17) is 15.2 Å². The van der Waals surface area contributed by atoms with Gasteiger partial charge in [-0.05, 0) is 30.0 Å². The third-order valence-corrected chi connectivity index (χ3v) is 2.77. The van der Waals surface area contributed by atoms with Crippen molar-refractivity contribution >= 4 is 5.91 Å². The average molecular weight is 294 g/mol. The van der Waals surface area contributed by atoms with Gasteiger partial charge in [-0.1, -0.05) is 26.0 Å². The molecule has 1 rings (SSSR count). The summed E-state index contributed by atoms with van der Waals surface area (Å²) in [5.41, 5.74) is 6.55. The minimum Gasteiger partial charge on any atom is -0.484 e. The highest BCUT2D eigenvalue weighted by atomic mass is 16.5. The van der Waals surface area contributed by atoms with Crippen LogP contribution in [0.15, 0.2) is 24.3 Å². The van der Waals surface area contributed by atoms with Crippen LogP contribution in [0.1, 0.15) is 25.8 Å². The van der Waals surface area contributed by atoms with E-state index in [2.05, 4.69) is 19.2 Å². The van der Waals surface area contributed by atoms with E-state index < -0.39 is 0 Å². The Morgan fingerprint density at radius 1 is 1.29 bits per heavy atom. The van der Waals surface area contributed by atoms with Crippen molar-refractivity contribution in [1.29, 1.82) is 0 Å².